The number of hydrogen-bond donors (Lipinski definition) is 1. The summed E-state index contributed by atoms with van der Waals surface area (Å²) in [5.74, 6) is -1.44. The molecule has 1 aromatic heterocycles. The molecule has 0 saturated carbocycles. The maximum atomic E-state index is 12.3. The van der Waals surface area contributed by atoms with E-state index in [4.69, 9.17) is 17.3 Å². The van der Waals surface area contributed by atoms with Gasteiger partial charge in [0.1, 0.15) is 10.9 Å². The molecule has 1 amide bonds. The number of aromatic nitrogens is 1. The molecular weight excluding hydrogens is 320 g/mol. The second-order valence-corrected chi connectivity index (χ2v) is 6.55. The van der Waals surface area contributed by atoms with Gasteiger partial charge in [-0.3, -0.25) is 14.5 Å². The Morgan fingerprint density at radius 3 is 2.86 bits per heavy atom. The monoisotopic (exact) mass is 332 g/mol. The van der Waals surface area contributed by atoms with Crippen molar-refractivity contribution in [3.05, 3.63) is 40.9 Å². The highest BCUT2D eigenvalue weighted by Crippen LogP contribution is 2.34. The van der Waals surface area contributed by atoms with E-state index in [1.165, 1.54) is 0 Å². The average molecular weight is 332 g/mol. The van der Waals surface area contributed by atoms with Gasteiger partial charge in [-0.15, -0.1) is 0 Å². The van der Waals surface area contributed by atoms with Gasteiger partial charge in [0, 0.05) is 29.7 Å². The van der Waals surface area contributed by atoms with Gasteiger partial charge >= 0.3 is 5.97 Å². The van der Waals surface area contributed by atoms with Crippen molar-refractivity contribution in [2.24, 2.45) is 7.05 Å². The molecule has 3 rings (SSSR count). The standard InChI is InChI=1S/C15H12N2O3S2/c1-16-7-9(10-4-2-3-5-11(10)16)6-12-14(20)17(8-13(18)19)15(21)22-12/h2-7H,8H2,1H3,(H,18,19)/b12-6-. The molecule has 1 aromatic carbocycles. The number of carbonyl (C=O) groups excluding carboxylic acids is 1. The Morgan fingerprint density at radius 1 is 1.41 bits per heavy atom. The van der Waals surface area contributed by atoms with Crippen molar-refractivity contribution in [1.29, 1.82) is 0 Å². The number of benzene rings is 1. The highest BCUT2D eigenvalue weighted by Gasteiger charge is 2.33. The first kappa shape index (κ1) is 14.8. The van der Waals surface area contributed by atoms with E-state index in [1.54, 1.807) is 6.08 Å². The van der Waals surface area contributed by atoms with Crippen molar-refractivity contribution in [3.63, 3.8) is 0 Å². The van der Waals surface area contributed by atoms with Crippen LogP contribution in [0, 0.1) is 0 Å². The van der Waals surface area contributed by atoms with Gasteiger partial charge in [-0.05, 0) is 12.1 Å². The zero-order valence-corrected chi connectivity index (χ0v) is 13.3. The van der Waals surface area contributed by atoms with Crippen LogP contribution >= 0.6 is 24.0 Å². The molecule has 2 heterocycles. The quantitative estimate of drug-likeness (QED) is 0.691. The van der Waals surface area contributed by atoms with Crippen LogP contribution in [0.4, 0.5) is 0 Å². The van der Waals surface area contributed by atoms with E-state index in [-0.39, 0.29) is 10.2 Å². The van der Waals surface area contributed by atoms with E-state index in [0.717, 1.165) is 33.1 Å². The van der Waals surface area contributed by atoms with Crippen LogP contribution in [0.25, 0.3) is 17.0 Å². The number of aliphatic carboxylic acids is 1. The van der Waals surface area contributed by atoms with Crippen molar-refractivity contribution >= 4 is 57.2 Å². The minimum Gasteiger partial charge on any atom is -0.480 e. The summed E-state index contributed by atoms with van der Waals surface area (Å²) in [7, 11) is 1.94. The number of rotatable bonds is 3. The third kappa shape index (κ3) is 2.53. The lowest BCUT2D eigenvalue weighted by molar-refractivity contribution is -0.140. The topological polar surface area (TPSA) is 62.5 Å². The number of hydrogen-bond acceptors (Lipinski definition) is 4. The number of carboxylic acid groups (broad SMARTS) is 1. The molecule has 0 unspecified atom stereocenters. The molecule has 1 fully saturated rings. The normalized spacial score (nSPS) is 17.0. The minimum absolute atomic E-state index is 0.277. The van der Waals surface area contributed by atoms with Crippen molar-refractivity contribution in [2.45, 2.75) is 0 Å². The smallest absolute Gasteiger partial charge is 0.323 e. The van der Waals surface area contributed by atoms with Crippen LogP contribution in [0.1, 0.15) is 5.56 Å². The summed E-state index contributed by atoms with van der Waals surface area (Å²) in [4.78, 5) is 24.6. The van der Waals surface area contributed by atoms with Crippen LogP contribution in [0.3, 0.4) is 0 Å². The molecule has 0 bridgehead atoms. The van der Waals surface area contributed by atoms with Crippen LogP contribution in [0.15, 0.2) is 35.4 Å². The molecule has 1 aliphatic heterocycles. The number of fused-ring (bicyclic) bond motifs is 1. The zero-order valence-electron chi connectivity index (χ0n) is 11.6. The van der Waals surface area contributed by atoms with E-state index >= 15 is 0 Å². The minimum atomic E-state index is -1.08. The van der Waals surface area contributed by atoms with Gasteiger partial charge in [0.25, 0.3) is 5.91 Å². The van der Waals surface area contributed by atoms with Gasteiger partial charge in [0.15, 0.2) is 0 Å². The van der Waals surface area contributed by atoms with Gasteiger partial charge in [0.2, 0.25) is 0 Å². The summed E-state index contributed by atoms with van der Waals surface area (Å²) in [6.07, 6.45) is 3.71. The molecule has 5 nitrogen and oxygen atoms in total. The SMILES string of the molecule is Cn1cc(/C=C2\SC(=S)N(CC(=O)O)C2=O)c2ccccc21. The zero-order chi connectivity index (χ0) is 15.9. The number of para-hydroxylation sites is 1. The van der Waals surface area contributed by atoms with Gasteiger partial charge in [0.05, 0.1) is 4.91 Å². The number of carbonyl (C=O) groups is 2. The van der Waals surface area contributed by atoms with Gasteiger partial charge in [-0.25, -0.2) is 0 Å². The number of aryl methyl sites for hydroxylation is 1. The summed E-state index contributed by atoms with van der Waals surface area (Å²) in [6, 6.07) is 7.88. The summed E-state index contributed by atoms with van der Waals surface area (Å²) in [5, 5.41) is 9.88. The number of thiocarbonyl (C=S) groups is 1. The Bertz CT molecular complexity index is 838. The fraction of sp³-hybridized carbons (Fsp3) is 0.133. The Balaban J connectivity index is 2.00. The Morgan fingerprint density at radius 2 is 2.14 bits per heavy atom. The number of nitrogens with zero attached hydrogens (tertiary/aromatic N) is 2. The maximum absolute atomic E-state index is 12.3. The van der Waals surface area contributed by atoms with Crippen LogP contribution < -0.4 is 0 Å². The highest BCUT2D eigenvalue weighted by atomic mass is 32.2. The van der Waals surface area contributed by atoms with E-state index < -0.39 is 12.5 Å². The summed E-state index contributed by atoms with van der Waals surface area (Å²) in [6.45, 7) is -0.405. The lowest BCUT2D eigenvalue weighted by atomic mass is 10.1. The first-order chi connectivity index (χ1) is 10.5. The molecule has 22 heavy (non-hydrogen) atoms. The lowest BCUT2D eigenvalue weighted by Gasteiger charge is -2.10. The predicted molar refractivity (Wildman–Crippen MR) is 90.4 cm³/mol. The molecule has 1 saturated heterocycles. The lowest BCUT2D eigenvalue weighted by Crippen LogP contribution is -2.33. The Kier molecular flexibility index (Phi) is 3.76. The van der Waals surface area contributed by atoms with Gasteiger partial charge in [-0.1, -0.05) is 42.2 Å². The molecule has 0 atom stereocenters. The van der Waals surface area contributed by atoms with Gasteiger partial charge in [-0.2, -0.15) is 0 Å². The van der Waals surface area contributed by atoms with E-state index in [1.807, 2.05) is 42.1 Å². The second-order valence-electron chi connectivity index (χ2n) is 4.87. The van der Waals surface area contributed by atoms with Crippen molar-refractivity contribution < 1.29 is 14.7 Å². The van der Waals surface area contributed by atoms with E-state index in [9.17, 15) is 9.59 Å². The predicted octanol–water partition coefficient (Wildman–Crippen LogP) is 2.46. The maximum Gasteiger partial charge on any atom is 0.323 e. The second kappa shape index (κ2) is 5.58. The summed E-state index contributed by atoms with van der Waals surface area (Å²) < 4.78 is 2.26. The number of carboxylic acids is 1. The summed E-state index contributed by atoms with van der Waals surface area (Å²) >= 11 is 6.22. The molecule has 1 aliphatic rings. The van der Waals surface area contributed by atoms with Crippen molar-refractivity contribution in [1.82, 2.24) is 9.47 Å². The first-order valence-electron chi connectivity index (χ1n) is 6.48. The third-order valence-electron chi connectivity index (χ3n) is 3.38. The molecule has 2 aromatic rings. The molecule has 0 aliphatic carbocycles. The largest absolute Gasteiger partial charge is 0.480 e. The fourth-order valence-electron chi connectivity index (χ4n) is 2.40. The van der Waals surface area contributed by atoms with Crippen molar-refractivity contribution in [3.8, 4) is 0 Å². The van der Waals surface area contributed by atoms with Crippen LogP contribution in [-0.4, -0.2) is 37.3 Å². The molecule has 7 heteroatoms. The third-order valence-corrected chi connectivity index (χ3v) is 4.76. The molecule has 0 spiro atoms. The fourth-order valence-corrected chi connectivity index (χ4v) is 3.65. The first-order valence-corrected chi connectivity index (χ1v) is 7.71. The van der Waals surface area contributed by atoms with E-state index in [0.29, 0.717) is 4.91 Å². The Labute approximate surface area is 136 Å². The molecule has 0 radical (unpaired) electrons. The van der Waals surface area contributed by atoms with Crippen LogP contribution in [-0.2, 0) is 16.6 Å². The van der Waals surface area contributed by atoms with Crippen molar-refractivity contribution in [2.75, 3.05) is 6.54 Å². The van der Waals surface area contributed by atoms with E-state index in [2.05, 4.69) is 0 Å². The van der Waals surface area contributed by atoms with Gasteiger partial charge < -0.3 is 9.67 Å². The molecular formula is C15H12N2O3S2. The molecule has 112 valence electrons. The Hall–Kier alpha value is -2.12. The number of thioether (sulfide) groups is 1. The average Bonchev–Trinajstić information content (AvgIpc) is 2.92. The van der Waals surface area contributed by atoms with Crippen LogP contribution in [0.5, 0.6) is 0 Å². The van der Waals surface area contributed by atoms with Crippen LogP contribution in [0.2, 0.25) is 0 Å². The summed E-state index contributed by atoms with van der Waals surface area (Å²) in [5.41, 5.74) is 1.98. The molecule has 1 N–H and O–H groups in total. The highest BCUT2D eigenvalue weighted by molar-refractivity contribution is 8.26. The number of amides is 1.